The molecule has 0 aromatic heterocycles. The van der Waals surface area contributed by atoms with Gasteiger partial charge in [0.15, 0.2) is 0 Å². The molecule has 0 aliphatic carbocycles. The zero-order valence-electron chi connectivity index (χ0n) is 16.0. The number of halogens is 1. The van der Waals surface area contributed by atoms with Crippen molar-refractivity contribution in [3.05, 3.63) is 28.8 Å². The molecule has 4 aliphatic heterocycles. The summed E-state index contributed by atoms with van der Waals surface area (Å²) in [7, 11) is 1.31. The van der Waals surface area contributed by atoms with E-state index in [9.17, 15) is 9.59 Å². The zero-order valence-corrected chi connectivity index (χ0v) is 16.7. The van der Waals surface area contributed by atoms with Crippen LogP contribution in [-0.4, -0.2) is 49.2 Å². The molecule has 1 aromatic carbocycles. The predicted molar refractivity (Wildman–Crippen MR) is 101 cm³/mol. The topological polar surface area (TPSA) is 101 Å². The fourth-order valence-electron chi connectivity index (χ4n) is 5.77. The molecule has 6 atom stereocenters. The minimum Gasteiger partial charge on any atom is -0.453 e. The van der Waals surface area contributed by atoms with Gasteiger partial charge in [0.2, 0.25) is 5.91 Å². The maximum absolute atomic E-state index is 13.6. The van der Waals surface area contributed by atoms with Gasteiger partial charge in [0.1, 0.15) is 12.3 Å². The minimum absolute atomic E-state index is 0.122. The third kappa shape index (κ3) is 2.32. The van der Waals surface area contributed by atoms with Gasteiger partial charge in [0.25, 0.3) is 0 Å². The lowest BCUT2D eigenvalue weighted by molar-refractivity contribution is -0.139. The molecule has 0 radical (unpaired) electrons. The number of amides is 2. The van der Waals surface area contributed by atoms with Crippen molar-refractivity contribution < 1.29 is 23.8 Å². The molecule has 2 bridgehead atoms. The molecule has 2 amide bonds. The number of nitrogens with zero attached hydrogens (tertiary/aromatic N) is 2. The fraction of sp³-hybridized carbons (Fsp3) is 0.550. The Bertz CT molecular complexity index is 964. The monoisotopic (exact) mass is 417 g/mol. The summed E-state index contributed by atoms with van der Waals surface area (Å²) in [6, 6.07) is 6.64. The summed E-state index contributed by atoms with van der Waals surface area (Å²) >= 11 is 6.21. The van der Waals surface area contributed by atoms with Crippen LogP contribution in [-0.2, 0) is 19.0 Å². The first kappa shape index (κ1) is 18.7. The highest BCUT2D eigenvalue weighted by Gasteiger charge is 2.78. The number of anilines is 1. The molecule has 1 aromatic rings. The van der Waals surface area contributed by atoms with E-state index >= 15 is 0 Å². The second kappa shape index (κ2) is 6.08. The van der Waals surface area contributed by atoms with Crippen molar-refractivity contribution in [1.29, 1.82) is 5.26 Å². The molecular weight excluding hydrogens is 398 g/mol. The van der Waals surface area contributed by atoms with E-state index in [2.05, 4.69) is 5.32 Å². The predicted octanol–water partition coefficient (Wildman–Crippen LogP) is 2.19. The Hall–Kier alpha value is -2.34. The van der Waals surface area contributed by atoms with Gasteiger partial charge in [0, 0.05) is 24.4 Å². The van der Waals surface area contributed by atoms with E-state index in [0.717, 1.165) is 0 Å². The van der Waals surface area contributed by atoms with Crippen molar-refractivity contribution >= 4 is 29.3 Å². The Morgan fingerprint density at radius 3 is 2.97 bits per heavy atom. The van der Waals surface area contributed by atoms with Crippen LogP contribution in [0.5, 0.6) is 0 Å². The van der Waals surface area contributed by atoms with Crippen molar-refractivity contribution in [2.45, 2.75) is 43.2 Å². The molecule has 9 heteroatoms. The van der Waals surface area contributed by atoms with Crippen molar-refractivity contribution in [3.8, 4) is 6.07 Å². The summed E-state index contributed by atoms with van der Waals surface area (Å²) in [6.07, 6.45) is 0.264. The van der Waals surface area contributed by atoms with Gasteiger partial charge in [-0.3, -0.25) is 9.69 Å². The van der Waals surface area contributed by atoms with Gasteiger partial charge >= 0.3 is 6.09 Å². The zero-order chi connectivity index (χ0) is 20.6. The third-order valence-corrected chi connectivity index (χ3v) is 7.27. The number of ether oxygens (including phenoxy) is 3. The van der Waals surface area contributed by atoms with E-state index in [4.69, 9.17) is 31.1 Å². The van der Waals surface area contributed by atoms with Crippen LogP contribution in [0.2, 0.25) is 5.02 Å². The number of nitriles is 1. The normalized spacial score (nSPS) is 39.2. The lowest BCUT2D eigenvalue weighted by Gasteiger charge is -2.42. The van der Waals surface area contributed by atoms with Crippen molar-refractivity contribution in [2.75, 3.05) is 18.6 Å². The highest BCUT2D eigenvalue weighted by atomic mass is 35.5. The number of methoxy groups -OCH3 is 1. The molecular formula is C20H20ClN3O5. The largest absolute Gasteiger partial charge is 0.453 e. The maximum Gasteiger partial charge on any atom is 0.407 e. The molecule has 4 saturated heterocycles. The van der Waals surface area contributed by atoms with Crippen LogP contribution in [0.1, 0.15) is 25.3 Å². The van der Waals surface area contributed by atoms with E-state index in [-0.39, 0.29) is 22.9 Å². The first-order chi connectivity index (χ1) is 13.8. The molecule has 4 fully saturated rings. The van der Waals surface area contributed by atoms with Crippen LogP contribution in [0.4, 0.5) is 10.5 Å². The van der Waals surface area contributed by atoms with Gasteiger partial charge in [-0.15, -0.1) is 0 Å². The minimum atomic E-state index is -0.854. The number of nitrogens with one attached hydrogen (secondary N) is 1. The third-order valence-electron chi connectivity index (χ3n) is 6.96. The Morgan fingerprint density at radius 2 is 2.28 bits per heavy atom. The van der Waals surface area contributed by atoms with Crippen LogP contribution in [0.3, 0.4) is 0 Å². The van der Waals surface area contributed by atoms with Crippen molar-refractivity contribution in [2.24, 2.45) is 11.8 Å². The molecule has 5 rings (SSSR count). The van der Waals surface area contributed by atoms with Crippen LogP contribution in [0.15, 0.2) is 18.2 Å². The SMILES string of the molecule is COC(=O)N[C@@H]1C[C@]23CCO[C@@H]4[C@H]2[C@@H](C(=O)N4c2ccc(C#N)c(Cl)c2)[C@@]1(C)O3. The maximum atomic E-state index is 13.6. The van der Waals surface area contributed by atoms with E-state index in [0.29, 0.717) is 30.7 Å². The van der Waals surface area contributed by atoms with E-state index < -0.39 is 29.4 Å². The van der Waals surface area contributed by atoms with Crippen LogP contribution in [0, 0.1) is 23.2 Å². The Morgan fingerprint density at radius 1 is 1.48 bits per heavy atom. The Kier molecular flexibility index (Phi) is 3.92. The van der Waals surface area contributed by atoms with E-state index in [1.807, 2.05) is 13.0 Å². The van der Waals surface area contributed by atoms with Gasteiger partial charge in [-0.1, -0.05) is 11.6 Å². The van der Waals surface area contributed by atoms with Gasteiger partial charge in [-0.2, -0.15) is 5.26 Å². The number of hydrogen-bond donors (Lipinski definition) is 1. The Labute approximate surface area is 172 Å². The smallest absolute Gasteiger partial charge is 0.407 e. The molecule has 1 spiro atoms. The number of carbonyl (C=O) groups is 2. The van der Waals surface area contributed by atoms with Crippen molar-refractivity contribution in [3.63, 3.8) is 0 Å². The van der Waals surface area contributed by atoms with Crippen molar-refractivity contribution in [1.82, 2.24) is 5.32 Å². The molecule has 1 N–H and O–H groups in total. The summed E-state index contributed by atoms with van der Waals surface area (Å²) in [4.78, 5) is 27.1. The molecule has 4 heterocycles. The molecule has 29 heavy (non-hydrogen) atoms. The number of carbonyl (C=O) groups excluding carboxylic acids is 2. The van der Waals surface area contributed by atoms with E-state index in [1.54, 1.807) is 23.1 Å². The van der Waals surface area contributed by atoms with Gasteiger partial charge in [-0.25, -0.2) is 4.79 Å². The average Bonchev–Trinajstić information content (AvgIpc) is 3.25. The number of rotatable bonds is 2. The number of fused-ring (bicyclic) bond motifs is 2. The summed E-state index contributed by atoms with van der Waals surface area (Å²) in [6.45, 7) is 2.33. The highest BCUT2D eigenvalue weighted by Crippen LogP contribution is 2.65. The fourth-order valence-corrected chi connectivity index (χ4v) is 5.98. The number of benzene rings is 1. The average molecular weight is 418 g/mol. The lowest BCUT2D eigenvalue weighted by atomic mass is 9.64. The van der Waals surface area contributed by atoms with Crippen LogP contribution >= 0.6 is 11.6 Å². The lowest BCUT2D eigenvalue weighted by Crippen LogP contribution is -2.57. The summed E-state index contributed by atoms with van der Waals surface area (Å²) in [5, 5.41) is 12.3. The second-order valence-corrected chi connectivity index (χ2v) is 8.65. The van der Waals surface area contributed by atoms with Gasteiger partial charge < -0.3 is 19.5 Å². The first-order valence-electron chi connectivity index (χ1n) is 9.53. The second-order valence-electron chi connectivity index (χ2n) is 8.24. The summed E-state index contributed by atoms with van der Waals surface area (Å²) < 4.78 is 17.3. The molecule has 152 valence electrons. The van der Waals surface area contributed by atoms with Gasteiger partial charge in [-0.05, 0) is 25.1 Å². The number of alkyl carbamates (subject to hydrolysis) is 1. The van der Waals surface area contributed by atoms with Gasteiger partial charge in [0.05, 0.1) is 47.5 Å². The summed E-state index contributed by atoms with van der Waals surface area (Å²) in [5.74, 6) is -0.722. The molecule has 8 nitrogen and oxygen atoms in total. The number of hydrogen-bond acceptors (Lipinski definition) is 6. The molecule has 4 aliphatic rings. The molecule has 0 unspecified atom stereocenters. The van der Waals surface area contributed by atoms with E-state index in [1.165, 1.54) is 7.11 Å². The highest BCUT2D eigenvalue weighted by molar-refractivity contribution is 6.32. The van der Waals surface area contributed by atoms with Crippen LogP contribution < -0.4 is 10.2 Å². The van der Waals surface area contributed by atoms with Crippen LogP contribution in [0.25, 0.3) is 0 Å². The molecule has 0 saturated carbocycles. The first-order valence-corrected chi connectivity index (χ1v) is 9.91. The Balaban J connectivity index is 1.55. The standard InChI is InChI=1S/C20H20ClN3O5/c1-19-13(23-18(26)27-2)8-20(29-19)5-6-28-17-15(20)14(19)16(25)24(17)11-4-3-10(9-22)12(21)7-11/h3-4,7,13-15,17H,5-6,8H2,1-2H3,(H,23,26)/t13-,14+,15-,17-,19+,20-/m1/s1. The summed E-state index contributed by atoms with van der Waals surface area (Å²) in [5.41, 5.74) is -0.445. The quantitative estimate of drug-likeness (QED) is 0.791.